The molecule has 0 unspecified atom stereocenters. The van der Waals surface area contributed by atoms with E-state index in [4.69, 9.17) is 39.5 Å². The number of ether oxygens (including phenoxy) is 1. The second-order valence-corrected chi connectivity index (χ2v) is 4.62. The van der Waals surface area contributed by atoms with Gasteiger partial charge in [0.15, 0.2) is 4.30 Å². The molecule has 6 heteroatoms. The van der Waals surface area contributed by atoms with Gasteiger partial charge >= 0.3 is 0 Å². The summed E-state index contributed by atoms with van der Waals surface area (Å²) in [5.74, 6) is 0. The summed E-state index contributed by atoms with van der Waals surface area (Å²) in [7, 11) is 3.38. The second kappa shape index (κ2) is 13.3. The van der Waals surface area contributed by atoms with Crippen molar-refractivity contribution in [3.05, 3.63) is 0 Å². The topological polar surface area (TPSA) is 29.5 Å². The molecule has 1 aliphatic rings. The number of carbonyl (C=O) groups is 1. The van der Waals surface area contributed by atoms with E-state index < -0.39 is 4.30 Å². The van der Waals surface area contributed by atoms with E-state index in [1.54, 1.807) is 14.1 Å². The fraction of sp³-hybridized carbons (Fsp3) is 0.875. The first kappa shape index (κ1) is 16.7. The lowest BCUT2D eigenvalue weighted by molar-refractivity contribution is -0.115. The fourth-order valence-corrected chi connectivity index (χ4v) is 0.510. The third-order valence-electron chi connectivity index (χ3n) is 1.04. The van der Waals surface area contributed by atoms with Crippen LogP contribution in [-0.2, 0) is 9.53 Å². The van der Waals surface area contributed by atoms with Crippen LogP contribution in [0.1, 0.15) is 12.8 Å². The van der Waals surface area contributed by atoms with Crippen LogP contribution in [0.5, 0.6) is 0 Å². The van der Waals surface area contributed by atoms with Crippen molar-refractivity contribution < 1.29 is 9.53 Å². The molecule has 1 fully saturated rings. The highest BCUT2D eigenvalue weighted by atomic mass is 35.6. The number of hydrogen-bond donors (Lipinski definition) is 0. The number of alkyl halides is 3. The van der Waals surface area contributed by atoms with E-state index in [0.717, 1.165) is 19.6 Å². The number of halogens is 3. The molecule has 1 saturated heterocycles. The maximum Gasteiger partial charge on any atom is 0.209 e. The lowest BCUT2D eigenvalue weighted by Gasteiger charge is -1.93. The highest BCUT2D eigenvalue weighted by Gasteiger charge is 1.94. The van der Waals surface area contributed by atoms with Gasteiger partial charge in [0, 0.05) is 27.3 Å². The van der Waals surface area contributed by atoms with Gasteiger partial charge in [0.05, 0.1) is 0 Å². The minimum absolute atomic E-state index is 0.750. The predicted molar refractivity (Wildman–Crippen MR) is 61.2 cm³/mol. The second-order valence-electron chi connectivity index (χ2n) is 2.64. The lowest BCUT2D eigenvalue weighted by atomic mass is 10.4. The summed E-state index contributed by atoms with van der Waals surface area (Å²) in [6, 6.07) is 0. The summed E-state index contributed by atoms with van der Waals surface area (Å²) >= 11 is 14.4. The quantitative estimate of drug-likeness (QED) is 0.538. The highest BCUT2D eigenvalue weighted by molar-refractivity contribution is 6.63. The average molecular weight is 265 g/mol. The van der Waals surface area contributed by atoms with Crippen LogP contribution in [0.3, 0.4) is 0 Å². The minimum atomic E-state index is -0.750. The normalized spacial score (nSPS) is 13.6. The zero-order valence-electron chi connectivity index (χ0n) is 8.38. The number of hydrogen-bond acceptors (Lipinski definition) is 2. The van der Waals surface area contributed by atoms with Crippen LogP contribution in [0.4, 0.5) is 0 Å². The third kappa shape index (κ3) is 29.5. The monoisotopic (exact) mass is 263 g/mol. The molecule has 0 aromatic heterocycles. The van der Waals surface area contributed by atoms with Crippen LogP contribution >= 0.6 is 34.8 Å². The van der Waals surface area contributed by atoms with Crippen LogP contribution in [-0.4, -0.2) is 42.9 Å². The molecule has 0 aliphatic carbocycles. The average Bonchev–Trinajstić information content (AvgIpc) is 2.59. The Morgan fingerprint density at radius 3 is 1.57 bits per heavy atom. The molecule has 0 bridgehead atoms. The van der Waals surface area contributed by atoms with Gasteiger partial charge in [0.2, 0.25) is 6.41 Å². The maximum atomic E-state index is 9.43. The molecule has 0 aromatic rings. The summed E-state index contributed by atoms with van der Waals surface area (Å²) in [6.07, 6.45) is 3.31. The van der Waals surface area contributed by atoms with E-state index in [0.29, 0.717) is 0 Å². The Morgan fingerprint density at radius 1 is 1.21 bits per heavy atom. The Morgan fingerprint density at radius 2 is 1.50 bits per heavy atom. The number of nitrogens with zero attached hydrogens (tertiary/aromatic N) is 1. The van der Waals surface area contributed by atoms with Crippen molar-refractivity contribution in [2.75, 3.05) is 27.3 Å². The zero-order valence-corrected chi connectivity index (χ0v) is 10.6. The van der Waals surface area contributed by atoms with Crippen molar-refractivity contribution in [1.82, 2.24) is 4.90 Å². The summed E-state index contributed by atoms with van der Waals surface area (Å²) < 4.78 is 4.19. The van der Waals surface area contributed by atoms with Gasteiger partial charge in [-0.15, -0.1) is 0 Å². The Balaban J connectivity index is 0. The van der Waals surface area contributed by atoms with Crippen molar-refractivity contribution in [3.63, 3.8) is 0 Å². The molecule has 0 spiro atoms. The van der Waals surface area contributed by atoms with Crippen molar-refractivity contribution in [2.45, 2.75) is 17.1 Å². The van der Waals surface area contributed by atoms with Gasteiger partial charge in [-0.1, -0.05) is 34.8 Å². The molecule has 0 N–H and O–H groups in total. The molecule has 1 amide bonds. The maximum absolute atomic E-state index is 9.43. The first-order valence-corrected chi connectivity index (χ1v) is 5.43. The molecule has 1 rings (SSSR count). The van der Waals surface area contributed by atoms with E-state index in [2.05, 4.69) is 0 Å². The molecule has 0 atom stereocenters. The van der Waals surface area contributed by atoms with Gasteiger partial charge in [-0.25, -0.2) is 0 Å². The Bertz CT molecular complexity index is 109. The van der Waals surface area contributed by atoms with Gasteiger partial charge in [0.1, 0.15) is 0 Å². The van der Waals surface area contributed by atoms with Crippen LogP contribution in [0.2, 0.25) is 0 Å². The number of rotatable bonds is 1. The van der Waals surface area contributed by atoms with Gasteiger partial charge < -0.3 is 9.64 Å². The first-order valence-electron chi connectivity index (χ1n) is 4.12. The van der Waals surface area contributed by atoms with E-state index in [9.17, 15) is 4.79 Å². The first-order chi connectivity index (χ1) is 6.50. The standard InChI is InChI=1S/C4H8O.C3H7NO.CHCl3/c1-2-4-5-3-1;1-4(2)3-5;2-1(3)4/h1-4H2;3H,1-2H3;1H. The van der Waals surface area contributed by atoms with Crippen molar-refractivity contribution in [3.8, 4) is 0 Å². The molecule has 1 aliphatic heterocycles. The number of carbonyl (C=O) groups excluding carboxylic acids is 1. The Kier molecular flexibility index (Phi) is 15.9. The Hall–Kier alpha value is 0.300. The number of amides is 1. The largest absolute Gasteiger partial charge is 0.381 e. The van der Waals surface area contributed by atoms with Gasteiger partial charge in [0.25, 0.3) is 0 Å². The molecule has 0 saturated carbocycles. The molecular formula is C8H16Cl3NO2. The van der Waals surface area contributed by atoms with Crippen molar-refractivity contribution in [1.29, 1.82) is 0 Å². The molecular weight excluding hydrogens is 248 g/mol. The predicted octanol–water partition coefficient (Wildman–Crippen LogP) is 2.49. The molecule has 1 heterocycles. The van der Waals surface area contributed by atoms with Gasteiger partial charge in [-0.3, -0.25) is 4.79 Å². The summed E-state index contributed by atoms with van der Waals surface area (Å²) in [6.45, 7) is 2.00. The van der Waals surface area contributed by atoms with Crippen molar-refractivity contribution in [2.24, 2.45) is 0 Å². The summed E-state index contributed by atoms with van der Waals surface area (Å²) in [4.78, 5) is 10.9. The van der Waals surface area contributed by atoms with E-state index >= 15 is 0 Å². The smallest absolute Gasteiger partial charge is 0.209 e. The third-order valence-corrected chi connectivity index (χ3v) is 1.04. The summed E-state index contributed by atoms with van der Waals surface area (Å²) in [5, 5.41) is 0. The fourth-order valence-electron chi connectivity index (χ4n) is 0.510. The molecule has 0 aromatic carbocycles. The van der Waals surface area contributed by atoms with Crippen molar-refractivity contribution >= 4 is 41.2 Å². The lowest BCUT2D eigenvalue weighted by Crippen LogP contribution is -2.06. The van der Waals surface area contributed by atoms with Crippen LogP contribution < -0.4 is 0 Å². The minimum Gasteiger partial charge on any atom is -0.381 e. The van der Waals surface area contributed by atoms with Crippen LogP contribution in [0, 0.1) is 0 Å². The molecule has 86 valence electrons. The molecule has 14 heavy (non-hydrogen) atoms. The van der Waals surface area contributed by atoms with E-state index in [-0.39, 0.29) is 0 Å². The zero-order chi connectivity index (χ0) is 11.4. The van der Waals surface area contributed by atoms with E-state index in [1.165, 1.54) is 17.7 Å². The summed E-state index contributed by atoms with van der Waals surface area (Å²) in [5.41, 5.74) is 0. The van der Waals surface area contributed by atoms with Crippen LogP contribution in [0.25, 0.3) is 0 Å². The van der Waals surface area contributed by atoms with Gasteiger partial charge in [-0.2, -0.15) is 0 Å². The van der Waals surface area contributed by atoms with E-state index in [1.807, 2.05) is 0 Å². The Labute approximate surface area is 100 Å². The highest BCUT2D eigenvalue weighted by Crippen LogP contribution is 2.03. The molecule has 3 nitrogen and oxygen atoms in total. The molecule has 0 radical (unpaired) electrons. The SMILES string of the molecule is C1CCOC1.CN(C)C=O.ClC(Cl)Cl. The van der Waals surface area contributed by atoms with Crippen LogP contribution in [0.15, 0.2) is 0 Å². The van der Waals surface area contributed by atoms with Gasteiger partial charge in [-0.05, 0) is 12.8 Å².